The molecule has 0 radical (unpaired) electrons. The lowest BCUT2D eigenvalue weighted by Gasteiger charge is -2.24. The molecule has 0 amide bonds. The highest BCUT2D eigenvalue weighted by molar-refractivity contribution is 14.0. The maximum atomic E-state index is 5.67. The van der Waals surface area contributed by atoms with E-state index in [1.165, 1.54) is 0 Å². The minimum Gasteiger partial charge on any atom is -0.493 e. The molecular weight excluding hydrogens is 495 g/mol. The van der Waals surface area contributed by atoms with Crippen LogP contribution in [0.15, 0.2) is 23.2 Å². The summed E-state index contributed by atoms with van der Waals surface area (Å²) in [5, 5.41) is 6.64. The standard InChI is InChI=1S/C22H40N4O3.HI/c1-8-23-22(24-12-14-29-13-11-17(2)3)25-16-19(26(4)5)18-9-10-20(27-6)21(15-18)28-7;/h9-10,15,17,19H,8,11-14,16H2,1-7H3,(H2,23,24,25);1H. The van der Waals surface area contributed by atoms with Crippen molar-refractivity contribution < 1.29 is 14.2 Å². The van der Waals surface area contributed by atoms with Gasteiger partial charge in [-0.05, 0) is 51.1 Å². The van der Waals surface area contributed by atoms with Crippen LogP contribution in [0.2, 0.25) is 0 Å². The zero-order chi connectivity index (χ0) is 21.6. The molecule has 0 bridgehead atoms. The van der Waals surface area contributed by atoms with Crippen LogP contribution in [0.25, 0.3) is 0 Å². The molecule has 1 unspecified atom stereocenters. The highest BCUT2D eigenvalue weighted by Crippen LogP contribution is 2.31. The fourth-order valence-corrected chi connectivity index (χ4v) is 2.81. The summed E-state index contributed by atoms with van der Waals surface area (Å²) >= 11 is 0. The van der Waals surface area contributed by atoms with E-state index >= 15 is 0 Å². The van der Waals surface area contributed by atoms with Crippen molar-refractivity contribution in [2.24, 2.45) is 10.9 Å². The number of nitrogens with zero attached hydrogens (tertiary/aromatic N) is 2. The number of hydrogen-bond acceptors (Lipinski definition) is 5. The van der Waals surface area contributed by atoms with Crippen molar-refractivity contribution in [1.82, 2.24) is 15.5 Å². The molecule has 30 heavy (non-hydrogen) atoms. The molecule has 1 aromatic carbocycles. The van der Waals surface area contributed by atoms with Crippen LogP contribution in [-0.2, 0) is 4.74 Å². The van der Waals surface area contributed by atoms with Gasteiger partial charge >= 0.3 is 0 Å². The topological polar surface area (TPSA) is 67.4 Å². The van der Waals surface area contributed by atoms with Crippen LogP contribution >= 0.6 is 24.0 Å². The van der Waals surface area contributed by atoms with Crippen molar-refractivity contribution in [3.8, 4) is 11.5 Å². The molecule has 0 aliphatic rings. The number of hydrogen-bond donors (Lipinski definition) is 2. The third-order valence-corrected chi connectivity index (χ3v) is 4.56. The molecule has 0 saturated carbocycles. The molecular formula is C22H41IN4O3. The fraction of sp³-hybridized carbons (Fsp3) is 0.682. The van der Waals surface area contributed by atoms with E-state index in [9.17, 15) is 0 Å². The van der Waals surface area contributed by atoms with E-state index in [1.807, 2.05) is 12.1 Å². The van der Waals surface area contributed by atoms with Gasteiger partial charge in [-0.3, -0.25) is 4.99 Å². The van der Waals surface area contributed by atoms with Crippen molar-refractivity contribution in [1.29, 1.82) is 0 Å². The second-order valence-corrected chi connectivity index (χ2v) is 7.54. The monoisotopic (exact) mass is 536 g/mol. The summed E-state index contributed by atoms with van der Waals surface area (Å²) < 4.78 is 16.5. The molecule has 1 aromatic rings. The number of rotatable bonds is 13. The van der Waals surface area contributed by atoms with E-state index < -0.39 is 0 Å². The van der Waals surface area contributed by atoms with Crippen molar-refractivity contribution in [2.45, 2.75) is 33.2 Å². The van der Waals surface area contributed by atoms with Gasteiger partial charge in [0.25, 0.3) is 0 Å². The van der Waals surface area contributed by atoms with Crippen LogP contribution in [0.3, 0.4) is 0 Å². The van der Waals surface area contributed by atoms with Gasteiger partial charge in [-0.25, -0.2) is 0 Å². The SMILES string of the molecule is CCNC(=NCC(c1ccc(OC)c(OC)c1)N(C)C)NCCOCCC(C)C.I. The van der Waals surface area contributed by atoms with Crippen LogP contribution in [0.4, 0.5) is 0 Å². The fourth-order valence-electron chi connectivity index (χ4n) is 2.81. The maximum absolute atomic E-state index is 5.67. The molecule has 0 saturated heterocycles. The van der Waals surface area contributed by atoms with Crippen LogP contribution in [-0.4, -0.2) is 72.0 Å². The number of ether oxygens (including phenoxy) is 3. The summed E-state index contributed by atoms with van der Waals surface area (Å²) in [5.41, 5.74) is 1.13. The Bertz CT molecular complexity index is 612. The Balaban J connectivity index is 0.00000841. The average molecular weight is 536 g/mol. The molecule has 7 nitrogen and oxygen atoms in total. The Labute approximate surface area is 200 Å². The van der Waals surface area contributed by atoms with Crippen LogP contribution in [0, 0.1) is 5.92 Å². The minimum absolute atomic E-state index is 0. The predicted octanol–water partition coefficient (Wildman–Crippen LogP) is 3.54. The van der Waals surface area contributed by atoms with Gasteiger partial charge in [0.05, 0.1) is 33.4 Å². The van der Waals surface area contributed by atoms with Gasteiger partial charge in [-0.2, -0.15) is 0 Å². The molecule has 1 atom stereocenters. The lowest BCUT2D eigenvalue weighted by molar-refractivity contribution is 0.128. The van der Waals surface area contributed by atoms with E-state index in [0.29, 0.717) is 19.1 Å². The summed E-state index contributed by atoms with van der Waals surface area (Å²) in [6.45, 7) is 10.1. The van der Waals surface area contributed by atoms with E-state index in [0.717, 1.165) is 49.1 Å². The minimum atomic E-state index is 0. The number of likely N-dealkylation sites (N-methyl/N-ethyl adjacent to an activating group) is 1. The Morgan fingerprint density at radius 2 is 1.77 bits per heavy atom. The van der Waals surface area contributed by atoms with E-state index in [1.54, 1.807) is 14.2 Å². The highest BCUT2D eigenvalue weighted by atomic mass is 127. The number of nitrogens with one attached hydrogen (secondary N) is 2. The smallest absolute Gasteiger partial charge is 0.191 e. The second-order valence-electron chi connectivity index (χ2n) is 7.54. The molecule has 0 aliphatic carbocycles. The van der Waals surface area contributed by atoms with E-state index in [2.05, 4.69) is 56.5 Å². The van der Waals surface area contributed by atoms with Gasteiger partial charge in [0, 0.05) is 19.7 Å². The highest BCUT2D eigenvalue weighted by Gasteiger charge is 2.16. The molecule has 1 rings (SSSR count). The molecule has 0 aromatic heterocycles. The van der Waals surface area contributed by atoms with Gasteiger partial charge in [-0.1, -0.05) is 19.9 Å². The summed E-state index contributed by atoms with van der Waals surface area (Å²) in [4.78, 5) is 6.94. The molecule has 8 heteroatoms. The zero-order valence-corrected chi connectivity index (χ0v) is 22.0. The molecule has 0 spiro atoms. The lowest BCUT2D eigenvalue weighted by Crippen LogP contribution is -2.39. The summed E-state index contributed by atoms with van der Waals surface area (Å²) in [7, 11) is 7.41. The maximum Gasteiger partial charge on any atom is 0.191 e. The lowest BCUT2D eigenvalue weighted by atomic mass is 10.1. The van der Waals surface area contributed by atoms with Gasteiger partial charge in [0.2, 0.25) is 0 Å². The van der Waals surface area contributed by atoms with Crippen molar-refractivity contribution in [3.63, 3.8) is 0 Å². The van der Waals surface area contributed by atoms with Crippen LogP contribution in [0.5, 0.6) is 11.5 Å². The number of aliphatic imine (C=N–C) groups is 1. The number of halogens is 1. The van der Waals surface area contributed by atoms with Crippen LogP contribution in [0.1, 0.15) is 38.8 Å². The zero-order valence-electron chi connectivity index (χ0n) is 19.7. The van der Waals surface area contributed by atoms with Crippen molar-refractivity contribution in [2.75, 3.05) is 61.2 Å². The number of guanidine groups is 1. The van der Waals surface area contributed by atoms with Crippen molar-refractivity contribution in [3.05, 3.63) is 23.8 Å². The molecule has 0 heterocycles. The summed E-state index contributed by atoms with van der Waals surface area (Å²) in [5.74, 6) is 2.92. The summed E-state index contributed by atoms with van der Waals surface area (Å²) in [6.07, 6.45) is 1.09. The average Bonchev–Trinajstić information content (AvgIpc) is 2.69. The third kappa shape index (κ3) is 10.7. The first-order valence-corrected chi connectivity index (χ1v) is 10.4. The molecule has 0 aliphatic heterocycles. The van der Waals surface area contributed by atoms with E-state index in [4.69, 9.17) is 19.2 Å². The van der Waals surface area contributed by atoms with Crippen molar-refractivity contribution >= 4 is 29.9 Å². The number of methoxy groups -OCH3 is 2. The Morgan fingerprint density at radius 1 is 1.07 bits per heavy atom. The van der Waals surface area contributed by atoms with Gasteiger partial charge in [-0.15, -0.1) is 24.0 Å². The van der Waals surface area contributed by atoms with Gasteiger partial charge < -0.3 is 29.7 Å². The van der Waals surface area contributed by atoms with Gasteiger partial charge in [0.1, 0.15) is 0 Å². The van der Waals surface area contributed by atoms with E-state index in [-0.39, 0.29) is 30.0 Å². The first kappa shape index (κ1) is 28.7. The van der Waals surface area contributed by atoms with Gasteiger partial charge in [0.15, 0.2) is 17.5 Å². The first-order valence-electron chi connectivity index (χ1n) is 10.4. The molecule has 2 N–H and O–H groups in total. The Morgan fingerprint density at radius 3 is 2.33 bits per heavy atom. The molecule has 174 valence electrons. The normalized spacial score (nSPS) is 12.5. The Kier molecular flexibility index (Phi) is 15.7. The molecule has 0 fully saturated rings. The van der Waals surface area contributed by atoms with Crippen LogP contribution < -0.4 is 20.1 Å². The first-order chi connectivity index (χ1) is 13.9. The predicted molar refractivity (Wildman–Crippen MR) is 136 cm³/mol. The second kappa shape index (κ2) is 16.4. The largest absolute Gasteiger partial charge is 0.493 e. The summed E-state index contributed by atoms with van der Waals surface area (Å²) in [6, 6.07) is 6.13. The number of benzene rings is 1. The third-order valence-electron chi connectivity index (χ3n) is 4.56. The Hall–Kier alpha value is -1.26. The quantitative estimate of drug-likeness (QED) is 0.174.